The SMILES string of the molecule is CC(CCC(=O)O)Nc1ccc2c(c1)NC(=O)CS2. The standard InChI is InChI=1S/C13H16N2O3S/c1-8(2-5-13(17)18)14-9-3-4-11-10(6-9)15-12(16)7-19-11/h3-4,6,8,14H,2,5,7H2,1H3,(H,15,16)(H,17,18). The molecule has 6 heteroatoms. The molecule has 0 radical (unpaired) electrons. The van der Waals surface area contributed by atoms with Crippen molar-refractivity contribution in [3.63, 3.8) is 0 Å². The summed E-state index contributed by atoms with van der Waals surface area (Å²) in [7, 11) is 0. The third-order valence-electron chi connectivity index (χ3n) is 2.82. The van der Waals surface area contributed by atoms with Gasteiger partial charge in [0.05, 0.1) is 11.4 Å². The minimum Gasteiger partial charge on any atom is -0.481 e. The number of carbonyl (C=O) groups excluding carboxylic acids is 1. The predicted octanol–water partition coefficient (Wildman–Crippen LogP) is 2.40. The van der Waals surface area contributed by atoms with Crippen LogP contribution < -0.4 is 10.6 Å². The number of benzene rings is 1. The van der Waals surface area contributed by atoms with Crippen LogP contribution in [0.2, 0.25) is 0 Å². The molecule has 1 heterocycles. The summed E-state index contributed by atoms with van der Waals surface area (Å²) in [5, 5.41) is 14.7. The highest BCUT2D eigenvalue weighted by molar-refractivity contribution is 8.00. The molecule has 0 spiro atoms. The Morgan fingerprint density at radius 2 is 2.37 bits per heavy atom. The topological polar surface area (TPSA) is 78.4 Å². The Kier molecular flexibility index (Phi) is 4.31. The van der Waals surface area contributed by atoms with Crippen molar-refractivity contribution in [2.24, 2.45) is 0 Å². The lowest BCUT2D eigenvalue weighted by molar-refractivity contribution is -0.137. The molecule has 0 fully saturated rings. The van der Waals surface area contributed by atoms with Crippen molar-refractivity contribution in [3.05, 3.63) is 18.2 Å². The summed E-state index contributed by atoms with van der Waals surface area (Å²) in [6, 6.07) is 5.87. The molecule has 19 heavy (non-hydrogen) atoms. The zero-order chi connectivity index (χ0) is 13.8. The molecule has 0 saturated heterocycles. The minimum atomic E-state index is -0.789. The van der Waals surface area contributed by atoms with Crippen LogP contribution in [-0.2, 0) is 9.59 Å². The lowest BCUT2D eigenvalue weighted by Crippen LogP contribution is -2.20. The van der Waals surface area contributed by atoms with Gasteiger partial charge >= 0.3 is 5.97 Å². The second kappa shape index (κ2) is 5.97. The fourth-order valence-electron chi connectivity index (χ4n) is 1.87. The van der Waals surface area contributed by atoms with Crippen molar-refractivity contribution in [3.8, 4) is 0 Å². The van der Waals surface area contributed by atoms with Gasteiger partial charge in [-0.3, -0.25) is 9.59 Å². The van der Waals surface area contributed by atoms with Crippen molar-refractivity contribution in [2.45, 2.75) is 30.7 Å². The number of amides is 1. The number of fused-ring (bicyclic) bond motifs is 1. The summed E-state index contributed by atoms with van der Waals surface area (Å²) >= 11 is 1.52. The molecule has 0 aliphatic carbocycles. The first kappa shape index (κ1) is 13.7. The van der Waals surface area contributed by atoms with E-state index in [1.54, 1.807) is 0 Å². The minimum absolute atomic E-state index is 0.00794. The van der Waals surface area contributed by atoms with Crippen LogP contribution in [0.1, 0.15) is 19.8 Å². The van der Waals surface area contributed by atoms with Crippen molar-refractivity contribution in [1.82, 2.24) is 0 Å². The summed E-state index contributed by atoms with van der Waals surface area (Å²) in [6.07, 6.45) is 0.708. The molecule has 2 rings (SSSR count). The van der Waals surface area contributed by atoms with Crippen LogP contribution in [0.15, 0.2) is 23.1 Å². The van der Waals surface area contributed by atoms with Crippen molar-refractivity contribution < 1.29 is 14.7 Å². The molecular weight excluding hydrogens is 264 g/mol. The number of hydrogen-bond acceptors (Lipinski definition) is 4. The predicted molar refractivity (Wildman–Crippen MR) is 75.8 cm³/mol. The van der Waals surface area contributed by atoms with Gasteiger partial charge in [0.25, 0.3) is 0 Å². The molecule has 1 unspecified atom stereocenters. The Labute approximate surface area is 115 Å². The van der Waals surface area contributed by atoms with E-state index in [4.69, 9.17) is 5.11 Å². The zero-order valence-corrected chi connectivity index (χ0v) is 11.4. The van der Waals surface area contributed by atoms with Crippen molar-refractivity contribution in [2.75, 3.05) is 16.4 Å². The van der Waals surface area contributed by atoms with Gasteiger partial charge in [-0.05, 0) is 31.5 Å². The van der Waals surface area contributed by atoms with Gasteiger partial charge in [-0.15, -0.1) is 11.8 Å². The Morgan fingerprint density at radius 1 is 1.58 bits per heavy atom. The number of carboxylic acid groups (broad SMARTS) is 1. The third kappa shape index (κ3) is 3.89. The Bertz CT molecular complexity index is 505. The fourth-order valence-corrected chi connectivity index (χ4v) is 2.66. The average molecular weight is 280 g/mol. The zero-order valence-electron chi connectivity index (χ0n) is 10.6. The molecule has 0 saturated carbocycles. The quantitative estimate of drug-likeness (QED) is 0.772. The number of anilines is 2. The molecule has 3 N–H and O–H groups in total. The van der Waals surface area contributed by atoms with Gasteiger partial charge in [0.15, 0.2) is 0 Å². The molecule has 1 aliphatic rings. The van der Waals surface area contributed by atoms with Gasteiger partial charge < -0.3 is 15.7 Å². The van der Waals surface area contributed by atoms with Crippen LogP contribution in [-0.4, -0.2) is 28.8 Å². The van der Waals surface area contributed by atoms with Crippen molar-refractivity contribution >= 4 is 35.0 Å². The van der Waals surface area contributed by atoms with E-state index >= 15 is 0 Å². The van der Waals surface area contributed by atoms with Gasteiger partial charge in [-0.25, -0.2) is 0 Å². The van der Waals surface area contributed by atoms with Crippen LogP contribution >= 0.6 is 11.8 Å². The number of nitrogens with one attached hydrogen (secondary N) is 2. The number of rotatable bonds is 5. The van der Waals surface area contributed by atoms with Gasteiger partial charge in [0, 0.05) is 23.0 Å². The van der Waals surface area contributed by atoms with Crippen LogP contribution in [0.5, 0.6) is 0 Å². The van der Waals surface area contributed by atoms with Crippen LogP contribution in [0.4, 0.5) is 11.4 Å². The average Bonchev–Trinajstić information content (AvgIpc) is 2.36. The van der Waals surface area contributed by atoms with E-state index in [1.165, 1.54) is 11.8 Å². The first-order chi connectivity index (χ1) is 9.04. The maximum Gasteiger partial charge on any atom is 0.303 e. The van der Waals surface area contributed by atoms with E-state index in [0.29, 0.717) is 12.2 Å². The highest BCUT2D eigenvalue weighted by atomic mass is 32.2. The van der Waals surface area contributed by atoms with E-state index in [9.17, 15) is 9.59 Å². The Balaban J connectivity index is 1.99. The first-order valence-corrected chi connectivity index (χ1v) is 7.08. The molecule has 1 aromatic carbocycles. The monoisotopic (exact) mass is 280 g/mol. The normalized spacial score (nSPS) is 15.3. The Hall–Kier alpha value is -1.69. The van der Waals surface area contributed by atoms with Gasteiger partial charge in [-0.1, -0.05) is 0 Å². The Morgan fingerprint density at radius 3 is 3.11 bits per heavy atom. The second-order valence-corrected chi connectivity index (χ2v) is 5.54. The maximum absolute atomic E-state index is 11.3. The molecule has 1 amide bonds. The summed E-state index contributed by atoms with van der Waals surface area (Å²) in [6.45, 7) is 1.94. The number of hydrogen-bond donors (Lipinski definition) is 3. The number of carboxylic acids is 1. The lowest BCUT2D eigenvalue weighted by Gasteiger charge is -2.19. The number of carbonyl (C=O) groups is 2. The van der Waals surface area contributed by atoms with Crippen molar-refractivity contribution in [1.29, 1.82) is 0 Å². The highest BCUT2D eigenvalue weighted by Gasteiger charge is 2.15. The van der Waals surface area contributed by atoms with Crippen LogP contribution in [0.3, 0.4) is 0 Å². The largest absolute Gasteiger partial charge is 0.481 e. The molecule has 5 nitrogen and oxygen atoms in total. The van der Waals surface area contributed by atoms with E-state index in [-0.39, 0.29) is 18.4 Å². The summed E-state index contributed by atoms with van der Waals surface area (Å²) in [5.41, 5.74) is 1.70. The molecule has 1 aromatic rings. The molecule has 1 aliphatic heterocycles. The van der Waals surface area contributed by atoms with Gasteiger partial charge in [0.2, 0.25) is 5.91 Å². The molecule has 102 valence electrons. The molecule has 1 atom stereocenters. The van der Waals surface area contributed by atoms with Crippen LogP contribution in [0, 0.1) is 0 Å². The summed E-state index contributed by atoms with van der Waals surface area (Å²) < 4.78 is 0. The van der Waals surface area contributed by atoms with E-state index < -0.39 is 5.97 Å². The summed E-state index contributed by atoms with van der Waals surface area (Å²) in [5.74, 6) is -0.328. The van der Waals surface area contributed by atoms with E-state index in [1.807, 2.05) is 25.1 Å². The highest BCUT2D eigenvalue weighted by Crippen LogP contribution is 2.33. The van der Waals surface area contributed by atoms with E-state index in [0.717, 1.165) is 16.3 Å². The van der Waals surface area contributed by atoms with E-state index in [2.05, 4.69) is 10.6 Å². The third-order valence-corrected chi connectivity index (χ3v) is 3.89. The molecule has 0 aromatic heterocycles. The molecule has 0 bridgehead atoms. The van der Waals surface area contributed by atoms with Crippen LogP contribution in [0.25, 0.3) is 0 Å². The smallest absolute Gasteiger partial charge is 0.303 e. The van der Waals surface area contributed by atoms with Gasteiger partial charge in [-0.2, -0.15) is 0 Å². The first-order valence-electron chi connectivity index (χ1n) is 6.09. The maximum atomic E-state index is 11.3. The fraction of sp³-hybridized carbons (Fsp3) is 0.385. The number of thioether (sulfide) groups is 1. The summed E-state index contributed by atoms with van der Waals surface area (Å²) in [4.78, 5) is 22.9. The van der Waals surface area contributed by atoms with Gasteiger partial charge in [0.1, 0.15) is 0 Å². The lowest BCUT2D eigenvalue weighted by atomic mass is 10.1. The molecular formula is C13H16N2O3S. The number of aliphatic carboxylic acids is 1. The second-order valence-electron chi connectivity index (χ2n) is 4.53.